The van der Waals surface area contributed by atoms with Crippen LogP contribution in [0.2, 0.25) is 154 Å². The lowest BCUT2D eigenvalue weighted by Gasteiger charge is -2.30. The molecule has 102 heavy (non-hydrogen) atoms. The molecule has 18 nitrogen and oxygen atoms in total. The maximum atomic E-state index is 6.21. The molecule has 6 heterocycles. The Kier molecular flexibility index (Phi) is 28.3. The van der Waals surface area contributed by atoms with Gasteiger partial charge in [0.1, 0.15) is 57.8 Å². The van der Waals surface area contributed by atoms with Crippen LogP contribution < -0.4 is 14.7 Å². The van der Waals surface area contributed by atoms with Gasteiger partial charge in [-0.3, -0.25) is 0 Å². The summed E-state index contributed by atoms with van der Waals surface area (Å²) in [6.07, 6.45) is 26.9. The minimum Gasteiger partial charge on any atom is -0.361 e. The van der Waals surface area contributed by atoms with Crippen molar-refractivity contribution in [3.8, 4) is 0 Å². The maximum absolute atomic E-state index is 6.21. The molecular formula is C78H136N12O6Si6. The largest absolute Gasteiger partial charge is 0.361 e. The average molecular weight is 1510 g/mol. The molecule has 8 atom stereocenters. The van der Waals surface area contributed by atoms with Gasteiger partial charge in [0, 0.05) is 148 Å². The van der Waals surface area contributed by atoms with Crippen molar-refractivity contribution in [3.05, 3.63) is 78.1 Å². The van der Waals surface area contributed by atoms with Gasteiger partial charge in [0.2, 0.25) is 0 Å². The SMILES string of the molecule is C[Si](C)(C)CCOCN(COCC[Si](C)(C)C)c1cc(C2=C[C@@H]3CC[C@H](C2)C3)nc2ccnn12.C[Si](C)(C)CCOCN(COCC[Si](C)(C)C)c1cc(C2C[C@H]3CC[C@@H](C2)C3)nc2ccnn12.C[Si](C)(C)CCOCN(COCC[Si](C)(C)C)c1cc(C2C[C@H]3CC[C@@H](C2)C3)nc2ccnn12. The number of nitrogens with zero attached hydrogens (tertiary/aromatic N) is 12. The van der Waals surface area contributed by atoms with E-state index in [-0.39, 0.29) is 0 Å². The highest BCUT2D eigenvalue weighted by Crippen LogP contribution is 2.50. The number of hydrogen-bond donors (Lipinski definition) is 0. The number of allylic oxidation sites excluding steroid dienone is 2. The van der Waals surface area contributed by atoms with Crippen molar-refractivity contribution in [2.75, 3.05) is 94.7 Å². The predicted octanol–water partition coefficient (Wildman–Crippen LogP) is 19.3. The summed E-state index contributed by atoms with van der Waals surface area (Å²) in [5.74, 6) is 9.33. The predicted molar refractivity (Wildman–Crippen MR) is 439 cm³/mol. The van der Waals surface area contributed by atoms with E-state index < -0.39 is 48.4 Å². The Balaban J connectivity index is 0.000000165. The van der Waals surface area contributed by atoms with Gasteiger partial charge in [0.25, 0.3) is 0 Å². The molecule has 6 aliphatic rings. The van der Waals surface area contributed by atoms with Crippen LogP contribution >= 0.6 is 0 Å². The summed E-state index contributed by atoms with van der Waals surface area (Å²) in [4.78, 5) is 21.7. The van der Waals surface area contributed by atoms with E-state index in [4.69, 9.17) is 43.4 Å². The van der Waals surface area contributed by atoms with E-state index in [9.17, 15) is 0 Å². The Morgan fingerprint density at radius 1 is 0.353 bits per heavy atom. The van der Waals surface area contributed by atoms with Crippen LogP contribution in [-0.4, -0.2) is 172 Å². The van der Waals surface area contributed by atoms with E-state index in [0.717, 1.165) is 134 Å². The molecule has 6 aliphatic carbocycles. The van der Waals surface area contributed by atoms with Gasteiger partial charge in [0.15, 0.2) is 16.9 Å². The van der Waals surface area contributed by atoms with Crippen molar-refractivity contribution >= 4 is 88.4 Å². The van der Waals surface area contributed by atoms with Crippen LogP contribution in [0.3, 0.4) is 0 Å². The molecule has 12 rings (SSSR count). The Hall–Kier alpha value is -3.94. The van der Waals surface area contributed by atoms with Gasteiger partial charge in [-0.1, -0.05) is 150 Å². The van der Waals surface area contributed by atoms with E-state index in [1.807, 2.05) is 50.3 Å². The minimum atomic E-state index is -1.14. The van der Waals surface area contributed by atoms with Crippen molar-refractivity contribution < 1.29 is 28.4 Å². The first-order valence-corrected chi connectivity index (χ1v) is 61.9. The van der Waals surface area contributed by atoms with Gasteiger partial charge in [-0.2, -0.15) is 28.8 Å². The van der Waals surface area contributed by atoms with Gasteiger partial charge in [-0.15, -0.1) is 0 Å². The van der Waals surface area contributed by atoms with Gasteiger partial charge >= 0.3 is 0 Å². The fraction of sp³-hybridized carbons (Fsp3) is 0.744. The van der Waals surface area contributed by atoms with Crippen LogP contribution in [0.5, 0.6) is 0 Å². The molecule has 0 aromatic carbocycles. The standard InChI is InChI=1S/2C26H46N4O2Si2.C26H44N4O2Si2/c3*1-33(2,3)13-11-31-19-29(20-32-12-14-34(4,5)6)26-18-24(28-25-9-10-27-30(25)26)23-16-21-7-8-22(15-21)17-23/h2*9-10,18,21-23H,7-8,11-17,19-20H2,1-6H3;9-10,16,18,21-22H,7-8,11-15,17,19-20H2,1-6H3/t2*21-,22+,23?;21-,22+/m..1/s1. The summed E-state index contributed by atoms with van der Waals surface area (Å²) < 4.78 is 43.1. The van der Waals surface area contributed by atoms with Crippen molar-refractivity contribution in [3.63, 3.8) is 0 Å². The first-order valence-electron chi connectivity index (χ1n) is 39.7. The number of fused-ring (bicyclic) bond motifs is 9. The molecule has 0 spiro atoms. The molecule has 5 saturated carbocycles. The van der Waals surface area contributed by atoms with E-state index in [0.29, 0.717) is 52.2 Å². The number of anilines is 3. The summed E-state index contributed by atoms with van der Waals surface area (Å²) in [5, 5.41) is 13.8. The summed E-state index contributed by atoms with van der Waals surface area (Å²) in [5.41, 5.74) is 7.71. The molecular weight excluding hydrogens is 1370 g/mol. The van der Waals surface area contributed by atoms with Crippen LogP contribution in [0.15, 0.2) is 61.1 Å². The van der Waals surface area contributed by atoms with Crippen molar-refractivity contribution in [1.82, 2.24) is 43.8 Å². The first kappa shape index (κ1) is 80.6. The summed E-state index contributed by atoms with van der Waals surface area (Å²) in [6.45, 7) is 50.9. The Morgan fingerprint density at radius 3 is 0.951 bits per heavy atom. The van der Waals surface area contributed by atoms with Crippen LogP contribution in [0.1, 0.15) is 119 Å². The van der Waals surface area contributed by atoms with Gasteiger partial charge in [-0.25, -0.2) is 15.0 Å². The third-order valence-corrected chi connectivity index (χ3v) is 32.2. The van der Waals surface area contributed by atoms with Crippen molar-refractivity contribution in [2.45, 2.75) is 256 Å². The van der Waals surface area contributed by atoms with Crippen molar-refractivity contribution in [2.24, 2.45) is 35.5 Å². The fourth-order valence-corrected chi connectivity index (χ4v) is 20.2. The molecule has 0 N–H and O–H groups in total. The van der Waals surface area contributed by atoms with E-state index in [1.54, 1.807) is 0 Å². The summed E-state index contributed by atoms with van der Waals surface area (Å²) in [6, 6.07) is 19.8. The fourth-order valence-electron chi connectivity index (χ4n) is 15.6. The molecule has 6 bridgehead atoms. The minimum absolute atomic E-state index is 0.500. The highest BCUT2D eigenvalue weighted by Gasteiger charge is 2.38. The Bertz CT molecular complexity index is 3360. The second-order valence-electron chi connectivity index (χ2n) is 38.9. The molecule has 568 valence electrons. The second-order valence-corrected chi connectivity index (χ2v) is 72.6. The quantitative estimate of drug-likeness (QED) is 0.0208. The summed E-state index contributed by atoms with van der Waals surface area (Å²) >= 11 is 0. The normalized spacial score (nSPS) is 22.3. The van der Waals surface area contributed by atoms with Crippen LogP contribution in [0.4, 0.5) is 17.5 Å². The summed E-state index contributed by atoms with van der Waals surface area (Å²) in [7, 11) is -6.80. The number of aromatic nitrogens is 9. The molecule has 24 heteroatoms. The average Bonchev–Trinajstić information content (AvgIpc) is 1.57. The Labute approximate surface area is 621 Å². The molecule has 6 aromatic heterocycles. The van der Waals surface area contributed by atoms with Crippen LogP contribution in [0, 0.1) is 35.5 Å². The molecule has 2 unspecified atom stereocenters. The maximum Gasteiger partial charge on any atom is 0.157 e. The highest BCUT2D eigenvalue weighted by molar-refractivity contribution is 6.77. The zero-order chi connectivity index (χ0) is 73.0. The topological polar surface area (TPSA) is 156 Å². The van der Waals surface area contributed by atoms with Crippen LogP contribution in [-0.2, 0) is 28.4 Å². The first-order chi connectivity index (χ1) is 48.2. The molecule has 0 aliphatic heterocycles. The lowest BCUT2D eigenvalue weighted by atomic mass is 9.79. The lowest BCUT2D eigenvalue weighted by Crippen LogP contribution is -2.33. The van der Waals surface area contributed by atoms with E-state index in [2.05, 4.69) is 172 Å². The third-order valence-electron chi connectivity index (χ3n) is 22.0. The lowest BCUT2D eigenvalue weighted by molar-refractivity contribution is 0.0940. The molecule has 5 fully saturated rings. The van der Waals surface area contributed by atoms with Crippen molar-refractivity contribution in [1.29, 1.82) is 0 Å². The molecule has 0 saturated heterocycles. The molecule has 6 aromatic rings. The highest BCUT2D eigenvalue weighted by atomic mass is 28.3. The monoisotopic (exact) mass is 1500 g/mol. The zero-order valence-electron chi connectivity index (χ0n) is 66.8. The second kappa shape index (κ2) is 35.9. The van der Waals surface area contributed by atoms with Gasteiger partial charge in [-0.05, 0) is 142 Å². The smallest absolute Gasteiger partial charge is 0.157 e. The zero-order valence-corrected chi connectivity index (χ0v) is 72.8. The van der Waals surface area contributed by atoms with Crippen LogP contribution in [0.25, 0.3) is 22.5 Å². The molecule has 0 radical (unpaired) electrons. The third kappa shape index (κ3) is 25.3. The van der Waals surface area contributed by atoms with E-state index >= 15 is 0 Å². The van der Waals surface area contributed by atoms with E-state index in [1.165, 1.54) is 125 Å². The number of ether oxygens (including phenoxy) is 6. The van der Waals surface area contributed by atoms with Gasteiger partial charge in [0.05, 0.1) is 24.3 Å². The number of rotatable bonds is 36. The molecule has 0 amide bonds. The number of hydrogen-bond acceptors (Lipinski definition) is 15. The van der Waals surface area contributed by atoms with Gasteiger partial charge < -0.3 is 43.1 Å². The Morgan fingerprint density at radius 2 is 0.647 bits per heavy atom.